The summed E-state index contributed by atoms with van der Waals surface area (Å²) in [4.78, 5) is 7.54. The van der Waals surface area contributed by atoms with E-state index in [1.165, 1.54) is 16.7 Å². The van der Waals surface area contributed by atoms with Crippen LogP contribution in [-0.2, 0) is 6.54 Å². The molecule has 1 unspecified atom stereocenters. The molecule has 25 heavy (non-hydrogen) atoms. The predicted molar refractivity (Wildman–Crippen MR) is 106 cm³/mol. The number of aryl methyl sites for hydroxylation is 1. The van der Waals surface area contributed by atoms with E-state index in [4.69, 9.17) is 4.99 Å². The molecule has 132 valence electrons. The van der Waals surface area contributed by atoms with E-state index in [0.29, 0.717) is 0 Å². The molecule has 1 heterocycles. The Balaban J connectivity index is 1.92. The lowest BCUT2D eigenvalue weighted by molar-refractivity contribution is 0.337. The SMILES string of the molecule is Cc1ccc(CN2CCNC(c3ccccc3)/C2=N/C(C)(C)C)cc1. The molecule has 1 N–H and O–H groups in total. The first-order valence-electron chi connectivity index (χ1n) is 9.11. The first kappa shape index (κ1) is 17.7. The zero-order valence-corrected chi connectivity index (χ0v) is 15.8. The van der Waals surface area contributed by atoms with Gasteiger partial charge in [0.1, 0.15) is 5.84 Å². The highest BCUT2D eigenvalue weighted by Crippen LogP contribution is 2.24. The highest BCUT2D eigenvalue weighted by molar-refractivity contribution is 5.89. The Labute approximate surface area is 151 Å². The Bertz CT molecular complexity index is 711. The van der Waals surface area contributed by atoms with Crippen molar-refractivity contribution in [2.24, 2.45) is 4.99 Å². The van der Waals surface area contributed by atoms with Gasteiger partial charge in [-0.1, -0.05) is 60.2 Å². The van der Waals surface area contributed by atoms with Crippen LogP contribution >= 0.6 is 0 Å². The third-order valence-electron chi connectivity index (χ3n) is 4.39. The van der Waals surface area contributed by atoms with Gasteiger partial charge in [0.2, 0.25) is 0 Å². The highest BCUT2D eigenvalue weighted by atomic mass is 15.3. The molecule has 3 rings (SSSR count). The summed E-state index contributed by atoms with van der Waals surface area (Å²) in [6, 6.07) is 19.6. The van der Waals surface area contributed by atoms with Crippen LogP contribution in [0.25, 0.3) is 0 Å². The maximum absolute atomic E-state index is 5.10. The van der Waals surface area contributed by atoms with E-state index in [0.717, 1.165) is 25.5 Å². The number of nitrogens with one attached hydrogen (secondary N) is 1. The molecule has 2 aromatic rings. The lowest BCUT2D eigenvalue weighted by Crippen LogP contribution is -2.50. The van der Waals surface area contributed by atoms with Gasteiger partial charge in [0.05, 0.1) is 11.6 Å². The summed E-state index contributed by atoms with van der Waals surface area (Å²) in [5.41, 5.74) is 3.81. The van der Waals surface area contributed by atoms with Crippen molar-refractivity contribution in [3.63, 3.8) is 0 Å². The minimum atomic E-state index is -0.104. The third kappa shape index (κ3) is 4.70. The van der Waals surface area contributed by atoms with Crippen LogP contribution in [0.4, 0.5) is 0 Å². The summed E-state index contributed by atoms with van der Waals surface area (Å²) in [6.07, 6.45) is 0. The van der Waals surface area contributed by atoms with Crippen LogP contribution < -0.4 is 5.32 Å². The van der Waals surface area contributed by atoms with Gasteiger partial charge in [-0.2, -0.15) is 0 Å². The molecule has 1 atom stereocenters. The largest absolute Gasteiger partial charge is 0.353 e. The lowest BCUT2D eigenvalue weighted by Gasteiger charge is -2.38. The van der Waals surface area contributed by atoms with Crippen LogP contribution in [0.2, 0.25) is 0 Å². The molecule has 0 radical (unpaired) electrons. The maximum atomic E-state index is 5.10. The van der Waals surface area contributed by atoms with Gasteiger partial charge in [0.15, 0.2) is 0 Å². The number of aliphatic imine (C=N–C) groups is 1. The summed E-state index contributed by atoms with van der Waals surface area (Å²) < 4.78 is 0. The molecule has 2 aromatic carbocycles. The second kappa shape index (κ2) is 7.40. The van der Waals surface area contributed by atoms with E-state index < -0.39 is 0 Å². The number of nitrogens with zero attached hydrogens (tertiary/aromatic N) is 2. The minimum absolute atomic E-state index is 0.104. The van der Waals surface area contributed by atoms with Crippen LogP contribution in [-0.4, -0.2) is 29.4 Å². The fourth-order valence-electron chi connectivity index (χ4n) is 3.20. The van der Waals surface area contributed by atoms with Gasteiger partial charge < -0.3 is 10.2 Å². The third-order valence-corrected chi connectivity index (χ3v) is 4.39. The lowest BCUT2D eigenvalue weighted by atomic mass is 10.0. The van der Waals surface area contributed by atoms with E-state index in [-0.39, 0.29) is 11.6 Å². The number of rotatable bonds is 3. The molecule has 0 saturated carbocycles. The quantitative estimate of drug-likeness (QED) is 0.903. The Hall–Kier alpha value is -2.13. The Kier molecular flexibility index (Phi) is 5.24. The van der Waals surface area contributed by atoms with Crippen LogP contribution in [0.5, 0.6) is 0 Å². The van der Waals surface area contributed by atoms with Crippen LogP contribution in [0.3, 0.4) is 0 Å². The molecule has 0 amide bonds. The molecular weight excluding hydrogens is 306 g/mol. The summed E-state index contributed by atoms with van der Waals surface area (Å²) >= 11 is 0. The van der Waals surface area contributed by atoms with E-state index in [9.17, 15) is 0 Å². The molecule has 0 spiro atoms. The topological polar surface area (TPSA) is 27.6 Å². The molecule has 0 aromatic heterocycles. The molecular formula is C22H29N3. The zero-order chi connectivity index (χ0) is 17.9. The van der Waals surface area contributed by atoms with E-state index in [1.54, 1.807) is 0 Å². The van der Waals surface area contributed by atoms with E-state index in [1.807, 2.05) is 0 Å². The molecule has 1 fully saturated rings. The average molecular weight is 335 g/mol. The number of piperazine rings is 1. The zero-order valence-electron chi connectivity index (χ0n) is 15.8. The van der Waals surface area contributed by atoms with Gasteiger partial charge in [0.25, 0.3) is 0 Å². The second-order valence-corrected chi connectivity index (χ2v) is 7.85. The minimum Gasteiger partial charge on any atom is -0.353 e. The number of hydrogen-bond donors (Lipinski definition) is 1. The van der Waals surface area contributed by atoms with Crippen LogP contribution in [0.15, 0.2) is 59.6 Å². The summed E-state index contributed by atoms with van der Waals surface area (Å²) in [6.45, 7) is 11.5. The van der Waals surface area contributed by atoms with Gasteiger partial charge >= 0.3 is 0 Å². The second-order valence-electron chi connectivity index (χ2n) is 7.85. The Morgan fingerprint density at radius 3 is 2.36 bits per heavy atom. The number of benzene rings is 2. The number of amidine groups is 1. The molecule has 3 heteroatoms. The average Bonchev–Trinajstić information content (AvgIpc) is 2.58. The van der Waals surface area contributed by atoms with Gasteiger partial charge in [-0.3, -0.25) is 4.99 Å². The van der Waals surface area contributed by atoms with Gasteiger partial charge in [0, 0.05) is 19.6 Å². The van der Waals surface area contributed by atoms with Crippen molar-refractivity contribution in [1.82, 2.24) is 10.2 Å². The molecule has 1 aliphatic rings. The van der Waals surface area contributed by atoms with Crippen molar-refractivity contribution >= 4 is 5.84 Å². The van der Waals surface area contributed by atoms with Gasteiger partial charge in [-0.05, 0) is 38.8 Å². The first-order chi connectivity index (χ1) is 11.9. The molecule has 0 aliphatic carbocycles. The monoisotopic (exact) mass is 335 g/mol. The fraction of sp³-hybridized carbons (Fsp3) is 0.409. The first-order valence-corrected chi connectivity index (χ1v) is 9.11. The Morgan fingerprint density at radius 2 is 1.72 bits per heavy atom. The van der Waals surface area contributed by atoms with E-state index >= 15 is 0 Å². The summed E-state index contributed by atoms with van der Waals surface area (Å²) in [5.74, 6) is 1.14. The standard InChI is InChI=1S/C22H29N3/c1-17-10-12-18(13-11-17)16-25-15-14-23-20(19-8-6-5-7-9-19)21(25)24-22(2,3)4/h5-13,20,23H,14-16H2,1-4H3/b24-21-. The van der Waals surface area contributed by atoms with Crippen molar-refractivity contribution in [3.05, 3.63) is 71.3 Å². The summed E-state index contributed by atoms with van der Waals surface area (Å²) in [5, 5.41) is 3.66. The van der Waals surface area contributed by atoms with Crippen LogP contribution in [0.1, 0.15) is 43.5 Å². The normalized spacial score (nSPS) is 20.1. The van der Waals surface area contributed by atoms with Crippen molar-refractivity contribution in [2.75, 3.05) is 13.1 Å². The summed E-state index contributed by atoms with van der Waals surface area (Å²) in [7, 11) is 0. The smallest absolute Gasteiger partial charge is 0.122 e. The number of hydrogen-bond acceptors (Lipinski definition) is 2. The van der Waals surface area contributed by atoms with Gasteiger partial charge in [-0.15, -0.1) is 0 Å². The van der Waals surface area contributed by atoms with Crippen molar-refractivity contribution < 1.29 is 0 Å². The molecule has 1 aliphatic heterocycles. The van der Waals surface area contributed by atoms with E-state index in [2.05, 4.69) is 92.5 Å². The van der Waals surface area contributed by atoms with Crippen molar-refractivity contribution in [3.8, 4) is 0 Å². The highest BCUT2D eigenvalue weighted by Gasteiger charge is 2.29. The molecule has 1 saturated heterocycles. The predicted octanol–water partition coefficient (Wildman–Crippen LogP) is 4.34. The van der Waals surface area contributed by atoms with Gasteiger partial charge in [-0.25, -0.2) is 0 Å². The molecule has 0 bridgehead atoms. The van der Waals surface area contributed by atoms with Crippen molar-refractivity contribution in [2.45, 2.75) is 45.8 Å². The van der Waals surface area contributed by atoms with Crippen molar-refractivity contribution in [1.29, 1.82) is 0 Å². The maximum Gasteiger partial charge on any atom is 0.122 e. The fourth-order valence-corrected chi connectivity index (χ4v) is 3.20. The Morgan fingerprint density at radius 1 is 1.04 bits per heavy atom. The molecule has 3 nitrogen and oxygen atoms in total. The van der Waals surface area contributed by atoms with Crippen LogP contribution in [0, 0.1) is 6.92 Å².